The maximum atomic E-state index is 13.0. The smallest absolute Gasteiger partial charge is 0.376 e. The molecule has 2 heterocycles. The number of rotatable bonds is 7. The Morgan fingerprint density at radius 3 is 2.43 bits per heavy atom. The zero-order valence-electron chi connectivity index (χ0n) is 15.0. The molecule has 0 spiro atoms. The van der Waals surface area contributed by atoms with Crippen LogP contribution < -0.4 is 21.5 Å². The predicted molar refractivity (Wildman–Crippen MR) is 106 cm³/mol. The Labute approximate surface area is 172 Å². The van der Waals surface area contributed by atoms with Crippen LogP contribution in [0.5, 0.6) is 0 Å². The summed E-state index contributed by atoms with van der Waals surface area (Å²) in [7, 11) is 0. The van der Waals surface area contributed by atoms with Gasteiger partial charge in [0.25, 0.3) is 10.9 Å². The highest BCUT2D eigenvalue weighted by molar-refractivity contribution is 6.21. The molecule has 152 valence electrons. The van der Waals surface area contributed by atoms with Gasteiger partial charge in [0.05, 0.1) is 11.9 Å². The quantitative estimate of drug-likeness (QED) is 0.338. The van der Waals surface area contributed by atoms with Crippen LogP contribution in [0.2, 0.25) is 0 Å². The van der Waals surface area contributed by atoms with Crippen molar-refractivity contribution >= 4 is 28.7 Å². The summed E-state index contributed by atoms with van der Waals surface area (Å²) in [5.74, 6) is -1.02. The lowest BCUT2D eigenvalue weighted by Gasteiger charge is -2.14. The van der Waals surface area contributed by atoms with E-state index in [0.717, 1.165) is 5.56 Å². The van der Waals surface area contributed by atoms with Gasteiger partial charge >= 0.3 is 11.3 Å². The number of hydrogen-bond donors (Lipinski definition) is 2. The van der Waals surface area contributed by atoms with Crippen molar-refractivity contribution in [1.29, 1.82) is 0 Å². The molecule has 0 aliphatic rings. The first-order valence-electron chi connectivity index (χ1n) is 8.57. The maximum absolute atomic E-state index is 13.0. The lowest BCUT2D eigenvalue weighted by Crippen LogP contribution is -2.36. The fourth-order valence-corrected chi connectivity index (χ4v) is 2.76. The summed E-state index contributed by atoms with van der Waals surface area (Å²) < 4.78 is 30.4. The van der Waals surface area contributed by atoms with Crippen molar-refractivity contribution < 1.29 is 13.3 Å². The largest absolute Gasteiger partial charge is 0.400 e. The SMILES string of the molecule is O=c1c(NCc2ccc(-c3noc(C(F)(F)Cl)n3)cc2)c(Nc2cccnc2)c1=O. The van der Waals surface area contributed by atoms with Gasteiger partial charge in [0, 0.05) is 18.3 Å². The molecule has 0 atom stereocenters. The van der Waals surface area contributed by atoms with Gasteiger partial charge in [-0.15, -0.1) is 0 Å². The van der Waals surface area contributed by atoms with E-state index in [9.17, 15) is 18.4 Å². The second-order valence-corrected chi connectivity index (χ2v) is 6.72. The highest BCUT2D eigenvalue weighted by atomic mass is 35.5. The molecular formula is C19H12ClF2N5O3. The second kappa shape index (κ2) is 7.64. The number of hydrogen-bond acceptors (Lipinski definition) is 8. The van der Waals surface area contributed by atoms with Crippen molar-refractivity contribution in [3.05, 3.63) is 80.7 Å². The minimum Gasteiger partial charge on any atom is -0.376 e. The first-order valence-corrected chi connectivity index (χ1v) is 8.95. The molecule has 2 aromatic carbocycles. The van der Waals surface area contributed by atoms with Crippen molar-refractivity contribution in [2.75, 3.05) is 10.6 Å². The Morgan fingerprint density at radius 2 is 1.80 bits per heavy atom. The van der Waals surface area contributed by atoms with Gasteiger partial charge in [-0.1, -0.05) is 29.4 Å². The topological polar surface area (TPSA) is 110 Å². The van der Waals surface area contributed by atoms with E-state index in [4.69, 9.17) is 11.6 Å². The van der Waals surface area contributed by atoms with E-state index in [2.05, 4.69) is 30.3 Å². The van der Waals surface area contributed by atoms with Crippen LogP contribution in [-0.4, -0.2) is 15.1 Å². The molecule has 8 nitrogen and oxygen atoms in total. The number of nitrogens with zero attached hydrogens (tertiary/aromatic N) is 3. The minimum atomic E-state index is -3.74. The molecular weight excluding hydrogens is 420 g/mol. The number of alkyl halides is 3. The molecule has 2 N–H and O–H groups in total. The molecule has 4 rings (SSSR count). The normalized spacial score (nSPS) is 11.6. The lowest BCUT2D eigenvalue weighted by atomic mass is 10.1. The Morgan fingerprint density at radius 1 is 1.07 bits per heavy atom. The second-order valence-electron chi connectivity index (χ2n) is 6.25. The molecule has 0 unspecified atom stereocenters. The van der Waals surface area contributed by atoms with E-state index in [1.807, 2.05) is 0 Å². The van der Waals surface area contributed by atoms with Crippen molar-refractivity contribution in [3.8, 4) is 11.4 Å². The van der Waals surface area contributed by atoms with E-state index in [-0.39, 0.29) is 23.7 Å². The molecule has 0 fully saturated rings. The summed E-state index contributed by atoms with van der Waals surface area (Å²) in [5.41, 5.74) is 0.929. The minimum absolute atomic E-state index is 0.0322. The van der Waals surface area contributed by atoms with Crippen LogP contribution in [-0.2, 0) is 11.9 Å². The van der Waals surface area contributed by atoms with Crippen LogP contribution in [0.4, 0.5) is 25.8 Å². The highest BCUT2D eigenvalue weighted by Crippen LogP contribution is 2.32. The summed E-state index contributed by atoms with van der Waals surface area (Å²) in [6, 6.07) is 10.0. The first kappa shape index (κ1) is 19.6. The van der Waals surface area contributed by atoms with Gasteiger partial charge in [0.1, 0.15) is 11.4 Å². The van der Waals surface area contributed by atoms with E-state index >= 15 is 0 Å². The number of benzene rings is 1. The van der Waals surface area contributed by atoms with Crippen molar-refractivity contribution in [3.63, 3.8) is 0 Å². The van der Waals surface area contributed by atoms with Crippen LogP contribution in [0.1, 0.15) is 11.5 Å². The summed E-state index contributed by atoms with van der Waals surface area (Å²) in [6.45, 7) is 0.254. The summed E-state index contributed by atoms with van der Waals surface area (Å²) in [4.78, 5) is 31.2. The molecule has 0 aliphatic carbocycles. The van der Waals surface area contributed by atoms with Crippen LogP contribution >= 0.6 is 11.6 Å². The number of pyridine rings is 1. The summed E-state index contributed by atoms with van der Waals surface area (Å²) in [5, 5.41) is 5.54. The van der Waals surface area contributed by atoms with Gasteiger partial charge in [-0.25, -0.2) is 0 Å². The standard InChI is InChI=1S/C19H12ClF2N5O3/c20-19(21,22)18-26-17(27-30-18)11-5-3-10(4-6-11)8-24-13-14(16(29)15(13)28)25-12-2-1-7-23-9-12/h1-7,9,24-25H,8H2. The number of aromatic nitrogens is 3. The maximum Gasteiger partial charge on any atom is 0.400 e. The Balaban J connectivity index is 1.44. The number of nitrogens with one attached hydrogen (secondary N) is 2. The van der Waals surface area contributed by atoms with E-state index < -0.39 is 22.1 Å². The van der Waals surface area contributed by atoms with Crippen molar-refractivity contribution in [2.45, 2.75) is 11.9 Å². The first-order chi connectivity index (χ1) is 14.3. The summed E-state index contributed by atoms with van der Waals surface area (Å²) in [6.07, 6.45) is 3.12. The number of halogens is 3. The van der Waals surface area contributed by atoms with Crippen LogP contribution in [0.15, 0.2) is 62.9 Å². The molecule has 0 amide bonds. The zero-order chi connectivity index (χ0) is 21.3. The van der Waals surface area contributed by atoms with E-state index in [1.54, 1.807) is 42.6 Å². The molecule has 0 saturated carbocycles. The van der Waals surface area contributed by atoms with Crippen LogP contribution in [0.25, 0.3) is 11.4 Å². The molecule has 0 saturated heterocycles. The van der Waals surface area contributed by atoms with Gasteiger partial charge in [0.2, 0.25) is 5.82 Å². The summed E-state index contributed by atoms with van der Waals surface area (Å²) >= 11 is 4.86. The molecule has 4 aromatic rings. The van der Waals surface area contributed by atoms with Gasteiger partial charge in [-0.2, -0.15) is 13.8 Å². The third kappa shape index (κ3) is 3.90. The van der Waals surface area contributed by atoms with Crippen LogP contribution in [0.3, 0.4) is 0 Å². The Kier molecular flexibility index (Phi) is 5.00. The molecule has 0 bridgehead atoms. The van der Waals surface area contributed by atoms with E-state index in [1.165, 1.54) is 6.20 Å². The third-order valence-corrected chi connectivity index (χ3v) is 4.35. The van der Waals surface area contributed by atoms with Gasteiger partial charge in [-0.05, 0) is 29.3 Å². The Hall–Kier alpha value is -3.66. The van der Waals surface area contributed by atoms with Crippen LogP contribution in [0, 0.1) is 0 Å². The molecule has 0 radical (unpaired) electrons. The predicted octanol–water partition coefficient (Wildman–Crippen LogP) is 3.37. The van der Waals surface area contributed by atoms with Gasteiger partial charge in [-0.3, -0.25) is 14.6 Å². The molecule has 11 heteroatoms. The fourth-order valence-electron chi connectivity index (χ4n) is 2.68. The monoisotopic (exact) mass is 431 g/mol. The zero-order valence-corrected chi connectivity index (χ0v) is 15.8. The average molecular weight is 432 g/mol. The molecule has 30 heavy (non-hydrogen) atoms. The third-order valence-electron chi connectivity index (χ3n) is 4.19. The fraction of sp³-hybridized carbons (Fsp3) is 0.105. The average Bonchev–Trinajstić information content (AvgIpc) is 3.25. The molecule has 2 aromatic heterocycles. The van der Waals surface area contributed by atoms with E-state index in [0.29, 0.717) is 11.3 Å². The van der Waals surface area contributed by atoms with Gasteiger partial charge in [0.15, 0.2) is 0 Å². The molecule has 0 aliphatic heterocycles. The van der Waals surface area contributed by atoms with Crippen molar-refractivity contribution in [2.24, 2.45) is 0 Å². The lowest BCUT2D eigenvalue weighted by molar-refractivity contribution is 0.0551. The van der Waals surface area contributed by atoms with Crippen molar-refractivity contribution in [1.82, 2.24) is 15.1 Å². The Bertz CT molecular complexity index is 1250. The van der Waals surface area contributed by atoms with Gasteiger partial charge < -0.3 is 15.2 Å². The number of anilines is 3. The highest BCUT2D eigenvalue weighted by Gasteiger charge is 2.35.